The Balaban J connectivity index is 1.51. The van der Waals surface area contributed by atoms with Gasteiger partial charge in [0.15, 0.2) is 0 Å². The number of amides is 1. The first-order chi connectivity index (χ1) is 11.2. The lowest BCUT2D eigenvalue weighted by Crippen LogP contribution is -2.25. The number of imidazole rings is 1. The molecule has 5 nitrogen and oxygen atoms in total. The van der Waals surface area contributed by atoms with Gasteiger partial charge in [-0.3, -0.25) is 4.79 Å². The number of furan rings is 1. The van der Waals surface area contributed by atoms with E-state index >= 15 is 0 Å². The Hall–Kier alpha value is -2.82. The second kappa shape index (κ2) is 6.96. The number of nitrogens with zero attached hydrogens (tertiary/aromatic N) is 2. The molecular formula is C18H19N3O2. The third-order valence-corrected chi connectivity index (χ3v) is 3.61. The first-order valence-electron chi connectivity index (χ1n) is 7.63. The molecule has 0 aliphatic carbocycles. The molecule has 0 bridgehead atoms. The molecule has 5 heteroatoms. The van der Waals surface area contributed by atoms with Crippen LogP contribution in [0.15, 0.2) is 59.5 Å². The number of carbonyl (C=O) groups is 1. The Bertz CT molecular complexity index is 758. The SMILES string of the molecule is Cc1ccc(-c2ccc(C(=O)NCCCn3ccnc3)cc2)o1. The standard InChI is InChI=1S/C18H19N3O2/c1-14-3-8-17(23-14)15-4-6-16(7-5-15)18(22)20-9-2-11-21-12-10-19-13-21/h3-8,10,12-13H,2,9,11H2,1H3,(H,20,22). The van der Waals surface area contributed by atoms with Crippen LogP contribution in [0, 0.1) is 6.92 Å². The van der Waals surface area contributed by atoms with Crippen molar-refractivity contribution in [2.45, 2.75) is 19.9 Å². The molecule has 0 atom stereocenters. The van der Waals surface area contributed by atoms with Gasteiger partial charge in [-0.05, 0) is 37.6 Å². The van der Waals surface area contributed by atoms with E-state index in [0.29, 0.717) is 12.1 Å². The van der Waals surface area contributed by atoms with Crippen molar-refractivity contribution >= 4 is 5.91 Å². The molecule has 1 amide bonds. The maximum absolute atomic E-state index is 12.1. The molecular weight excluding hydrogens is 290 g/mol. The van der Waals surface area contributed by atoms with Crippen molar-refractivity contribution in [3.8, 4) is 11.3 Å². The monoisotopic (exact) mass is 309 g/mol. The van der Waals surface area contributed by atoms with E-state index in [-0.39, 0.29) is 5.91 Å². The molecule has 23 heavy (non-hydrogen) atoms. The van der Waals surface area contributed by atoms with Crippen molar-refractivity contribution in [2.24, 2.45) is 0 Å². The average molecular weight is 309 g/mol. The maximum Gasteiger partial charge on any atom is 0.251 e. The highest BCUT2D eigenvalue weighted by Crippen LogP contribution is 2.22. The van der Waals surface area contributed by atoms with Gasteiger partial charge in [-0.15, -0.1) is 0 Å². The van der Waals surface area contributed by atoms with Crippen LogP contribution in [0.2, 0.25) is 0 Å². The van der Waals surface area contributed by atoms with Gasteiger partial charge in [-0.2, -0.15) is 0 Å². The molecule has 3 aromatic rings. The Kier molecular flexibility index (Phi) is 4.57. The molecule has 3 rings (SSSR count). The zero-order valence-corrected chi connectivity index (χ0v) is 13.0. The van der Waals surface area contributed by atoms with Gasteiger partial charge >= 0.3 is 0 Å². The molecule has 0 radical (unpaired) electrons. The van der Waals surface area contributed by atoms with Crippen LogP contribution in [0.25, 0.3) is 11.3 Å². The largest absolute Gasteiger partial charge is 0.461 e. The van der Waals surface area contributed by atoms with Gasteiger partial charge in [0.05, 0.1) is 6.33 Å². The minimum absolute atomic E-state index is 0.0576. The predicted octanol–water partition coefficient (Wildman–Crippen LogP) is 3.27. The summed E-state index contributed by atoms with van der Waals surface area (Å²) in [6.45, 7) is 3.39. The fraction of sp³-hybridized carbons (Fsp3) is 0.222. The van der Waals surface area contributed by atoms with E-state index in [4.69, 9.17) is 4.42 Å². The van der Waals surface area contributed by atoms with Crippen molar-refractivity contribution in [3.63, 3.8) is 0 Å². The Morgan fingerprint density at radius 2 is 2.04 bits per heavy atom. The zero-order chi connectivity index (χ0) is 16.1. The van der Waals surface area contributed by atoms with Crippen LogP contribution >= 0.6 is 0 Å². The van der Waals surface area contributed by atoms with Crippen molar-refractivity contribution in [1.82, 2.24) is 14.9 Å². The quantitative estimate of drug-likeness (QED) is 0.711. The highest BCUT2D eigenvalue weighted by atomic mass is 16.3. The number of rotatable bonds is 6. The van der Waals surface area contributed by atoms with Crippen LogP contribution in [0.3, 0.4) is 0 Å². The summed E-state index contributed by atoms with van der Waals surface area (Å²) in [7, 11) is 0. The van der Waals surface area contributed by atoms with E-state index in [1.807, 2.05) is 54.1 Å². The average Bonchev–Trinajstić information content (AvgIpc) is 3.23. The Labute approximate surface area is 135 Å². The smallest absolute Gasteiger partial charge is 0.251 e. The fourth-order valence-corrected chi connectivity index (χ4v) is 2.36. The highest BCUT2D eigenvalue weighted by Gasteiger charge is 2.07. The maximum atomic E-state index is 12.1. The molecule has 0 unspecified atom stereocenters. The molecule has 2 heterocycles. The molecule has 0 aliphatic rings. The van der Waals surface area contributed by atoms with Gasteiger partial charge < -0.3 is 14.3 Å². The first-order valence-corrected chi connectivity index (χ1v) is 7.63. The Morgan fingerprint density at radius 1 is 1.22 bits per heavy atom. The molecule has 1 aromatic carbocycles. The van der Waals surface area contributed by atoms with E-state index in [1.165, 1.54) is 0 Å². The van der Waals surface area contributed by atoms with Crippen LogP contribution in [-0.4, -0.2) is 22.0 Å². The van der Waals surface area contributed by atoms with Crippen LogP contribution in [0.4, 0.5) is 0 Å². The summed E-state index contributed by atoms with van der Waals surface area (Å²) in [6, 6.07) is 11.3. The van der Waals surface area contributed by atoms with Gasteiger partial charge in [-0.1, -0.05) is 12.1 Å². The summed E-state index contributed by atoms with van der Waals surface area (Å²) >= 11 is 0. The number of benzene rings is 1. The summed E-state index contributed by atoms with van der Waals surface area (Å²) in [5.74, 6) is 1.63. The fourth-order valence-electron chi connectivity index (χ4n) is 2.36. The molecule has 0 saturated heterocycles. The first kappa shape index (κ1) is 15.1. The number of aryl methyl sites for hydroxylation is 2. The molecule has 0 saturated carbocycles. The van der Waals surface area contributed by atoms with Gasteiger partial charge in [0, 0.05) is 36.6 Å². The van der Waals surface area contributed by atoms with Crippen molar-refractivity contribution in [3.05, 3.63) is 66.4 Å². The van der Waals surface area contributed by atoms with E-state index in [0.717, 1.165) is 30.0 Å². The minimum Gasteiger partial charge on any atom is -0.461 e. The topological polar surface area (TPSA) is 60.1 Å². The van der Waals surface area contributed by atoms with E-state index in [1.54, 1.807) is 12.5 Å². The van der Waals surface area contributed by atoms with Gasteiger partial charge in [-0.25, -0.2) is 4.98 Å². The van der Waals surface area contributed by atoms with Crippen LogP contribution < -0.4 is 5.32 Å². The second-order valence-electron chi connectivity index (χ2n) is 5.40. The lowest BCUT2D eigenvalue weighted by Gasteiger charge is -2.06. The molecule has 118 valence electrons. The second-order valence-corrected chi connectivity index (χ2v) is 5.40. The van der Waals surface area contributed by atoms with Crippen molar-refractivity contribution < 1.29 is 9.21 Å². The zero-order valence-electron chi connectivity index (χ0n) is 13.0. The third-order valence-electron chi connectivity index (χ3n) is 3.61. The molecule has 2 aromatic heterocycles. The Morgan fingerprint density at radius 3 is 2.70 bits per heavy atom. The molecule has 1 N–H and O–H groups in total. The number of aromatic nitrogens is 2. The summed E-state index contributed by atoms with van der Waals surface area (Å²) < 4.78 is 7.57. The lowest BCUT2D eigenvalue weighted by molar-refractivity contribution is 0.0952. The van der Waals surface area contributed by atoms with E-state index in [2.05, 4.69) is 10.3 Å². The molecule has 0 aliphatic heterocycles. The number of nitrogens with one attached hydrogen (secondary N) is 1. The minimum atomic E-state index is -0.0576. The lowest BCUT2D eigenvalue weighted by atomic mass is 10.1. The van der Waals surface area contributed by atoms with Gasteiger partial charge in [0.1, 0.15) is 11.5 Å². The van der Waals surface area contributed by atoms with Crippen LogP contribution in [0.1, 0.15) is 22.5 Å². The highest BCUT2D eigenvalue weighted by molar-refractivity contribution is 5.94. The summed E-state index contributed by atoms with van der Waals surface area (Å²) in [5.41, 5.74) is 1.62. The molecule has 0 spiro atoms. The molecule has 0 fully saturated rings. The van der Waals surface area contributed by atoms with Crippen molar-refractivity contribution in [1.29, 1.82) is 0 Å². The number of carbonyl (C=O) groups excluding carboxylic acids is 1. The summed E-state index contributed by atoms with van der Waals surface area (Å²) in [6.07, 6.45) is 6.31. The van der Waals surface area contributed by atoms with E-state index < -0.39 is 0 Å². The summed E-state index contributed by atoms with van der Waals surface area (Å²) in [4.78, 5) is 16.1. The summed E-state index contributed by atoms with van der Waals surface area (Å²) in [5, 5.41) is 2.93. The number of hydrogen-bond acceptors (Lipinski definition) is 3. The normalized spacial score (nSPS) is 10.7. The predicted molar refractivity (Wildman–Crippen MR) is 88.1 cm³/mol. The van der Waals surface area contributed by atoms with E-state index in [9.17, 15) is 4.79 Å². The van der Waals surface area contributed by atoms with Crippen LogP contribution in [0.5, 0.6) is 0 Å². The van der Waals surface area contributed by atoms with Gasteiger partial charge in [0.2, 0.25) is 0 Å². The van der Waals surface area contributed by atoms with Crippen LogP contribution in [-0.2, 0) is 6.54 Å². The third kappa shape index (κ3) is 3.88. The number of hydrogen-bond donors (Lipinski definition) is 1. The van der Waals surface area contributed by atoms with Crippen molar-refractivity contribution in [2.75, 3.05) is 6.54 Å². The van der Waals surface area contributed by atoms with Gasteiger partial charge in [0.25, 0.3) is 5.91 Å².